The highest BCUT2D eigenvalue weighted by Gasteiger charge is 2.71. The van der Waals surface area contributed by atoms with E-state index in [2.05, 4.69) is 4.33 Å². The molecule has 3 aliphatic heterocycles. The number of Topliss-reactive ketones (excluding diaryl/α,β-unsaturated/α-hetero) is 1. The molecule has 0 unspecified atom stereocenters. The number of likely N-dealkylation sites (tertiary alicyclic amines) is 1. The first kappa shape index (κ1) is 19.0. The molecule has 3 heterocycles. The zero-order valence-corrected chi connectivity index (χ0v) is 16.4. The molecule has 11 heteroatoms. The third-order valence-corrected chi connectivity index (χ3v) is 6.74. The van der Waals surface area contributed by atoms with Crippen LogP contribution in [0.1, 0.15) is 5.56 Å². The van der Waals surface area contributed by atoms with Gasteiger partial charge in [0.05, 0.1) is 13.7 Å². The number of ketones is 1. The minimum atomic E-state index is -4.77. The van der Waals surface area contributed by atoms with E-state index in [4.69, 9.17) is 18.5 Å². The molecule has 0 radical (unpaired) electrons. The highest BCUT2D eigenvalue weighted by atomic mass is 32.3. The van der Waals surface area contributed by atoms with Gasteiger partial charge in [-0.25, -0.2) is 4.18 Å². The summed E-state index contributed by atoms with van der Waals surface area (Å²) >= 11 is 0. The van der Waals surface area contributed by atoms with E-state index in [0.717, 1.165) is 5.56 Å². The number of piperidine rings is 1. The monoisotopic (exact) mass is 425 g/mol. The van der Waals surface area contributed by atoms with Gasteiger partial charge in [0.25, 0.3) is 5.79 Å². The molecule has 5 rings (SSSR count). The van der Waals surface area contributed by atoms with Crippen molar-refractivity contribution in [3.63, 3.8) is 0 Å². The molecule has 0 saturated carbocycles. The lowest BCUT2D eigenvalue weighted by Crippen LogP contribution is -2.74. The first-order chi connectivity index (χ1) is 13.7. The van der Waals surface area contributed by atoms with Gasteiger partial charge in [0.15, 0.2) is 29.0 Å². The third-order valence-electron chi connectivity index (χ3n) is 6.02. The average Bonchev–Trinajstić information content (AvgIpc) is 2.70. The zero-order chi connectivity index (χ0) is 20.6. The van der Waals surface area contributed by atoms with Crippen molar-refractivity contribution in [2.45, 2.75) is 30.0 Å². The number of aliphatic hydroxyl groups is 1. The lowest BCUT2D eigenvalue weighted by Gasteiger charge is -2.53. The van der Waals surface area contributed by atoms with E-state index in [0.29, 0.717) is 12.2 Å². The number of likely N-dealkylation sites (N-methyl/N-ethyl adjacent to an activating group) is 1. The third kappa shape index (κ3) is 2.59. The standard InChI is InChI=1S/C18H19NO9S/c1-19-9-15(20)18-11-5-6-17(21,26-28-29(22,23)27-18)16(18)25-14-8-10(7-12(11)19)3-4-13(14)24-2/h3-6,8,11-12,16,21H,7,9H2,1-2H3/t11-,12-,16+,17+,18-/m1/s1. The van der Waals surface area contributed by atoms with Gasteiger partial charge >= 0.3 is 10.4 Å². The largest absolute Gasteiger partial charge is 0.493 e. The van der Waals surface area contributed by atoms with Crippen LogP contribution in [0.3, 0.4) is 0 Å². The molecule has 29 heavy (non-hydrogen) atoms. The number of benzene rings is 1. The van der Waals surface area contributed by atoms with Crippen molar-refractivity contribution >= 4 is 16.2 Å². The summed E-state index contributed by atoms with van der Waals surface area (Å²) in [6.45, 7) is -0.104. The predicted octanol–water partition coefficient (Wildman–Crippen LogP) is -0.282. The highest BCUT2D eigenvalue weighted by Crippen LogP contribution is 2.51. The molecule has 1 N–H and O–H groups in total. The average molecular weight is 425 g/mol. The van der Waals surface area contributed by atoms with Crippen LogP contribution in [0.4, 0.5) is 0 Å². The van der Waals surface area contributed by atoms with Crippen molar-refractivity contribution in [1.29, 1.82) is 0 Å². The molecule has 1 aromatic rings. The second kappa shape index (κ2) is 6.00. The Bertz CT molecular complexity index is 1020. The van der Waals surface area contributed by atoms with Crippen LogP contribution < -0.4 is 9.47 Å². The van der Waals surface area contributed by atoms with Gasteiger partial charge in [-0.1, -0.05) is 16.5 Å². The smallest absolute Gasteiger partial charge is 0.427 e. The molecule has 10 nitrogen and oxygen atoms in total. The summed E-state index contributed by atoms with van der Waals surface area (Å²) in [6.07, 6.45) is 1.70. The van der Waals surface area contributed by atoms with Crippen molar-refractivity contribution in [2.24, 2.45) is 5.92 Å². The van der Waals surface area contributed by atoms with Crippen molar-refractivity contribution in [3.8, 4) is 11.5 Å². The van der Waals surface area contributed by atoms with Crippen molar-refractivity contribution in [2.75, 3.05) is 20.7 Å². The Morgan fingerprint density at radius 3 is 2.90 bits per heavy atom. The number of hydrogen-bond donors (Lipinski definition) is 1. The number of carbonyl (C=O) groups is 1. The van der Waals surface area contributed by atoms with E-state index in [1.165, 1.54) is 19.3 Å². The Labute approximate surface area is 166 Å². The molecule has 2 saturated heterocycles. The number of hydrogen-bond acceptors (Lipinski definition) is 10. The van der Waals surface area contributed by atoms with Gasteiger partial charge in [-0.2, -0.15) is 13.3 Å². The maximum absolute atomic E-state index is 13.3. The van der Waals surface area contributed by atoms with Crippen LogP contribution in [0.25, 0.3) is 0 Å². The number of fused-ring (bicyclic) bond motifs is 2. The minimum Gasteiger partial charge on any atom is -0.493 e. The predicted molar refractivity (Wildman–Crippen MR) is 95.0 cm³/mol. The fraction of sp³-hybridized carbons (Fsp3) is 0.500. The number of nitrogens with zero attached hydrogens (tertiary/aromatic N) is 1. The SMILES string of the molecule is COc1ccc2cc1O[C@@H]1[C@@]34OS(=O)(=O)OO[C@@]1(O)C=C[C@@H]3[C@@H](C2)N(C)CC4=O. The Morgan fingerprint density at radius 2 is 2.14 bits per heavy atom. The van der Waals surface area contributed by atoms with E-state index in [1.54, 1.807) is 19.2 Å². The lowest BCUT2D eigenvalue weighted by atomic mass is 9.65. The van der Waals surface area contributed by atoms with E-state index in [9.17, 15) is 18.3 Å². The molecular formula is C18H19NO9S. The molecule has 5 atom stereocenters. The molecule has 0 aromatic heterocycles. The summed E-state index contributed by atoms with van der Waals surface area (Å²) in [5.41, 5.74) is -1.18. The molecule has 4 aliphatic rings. The summed E-state index contributed by atoms with van der Waals surface area (Å²) in [6, 6.07) is 4.99. The maximum atomic E-state index is 13.3. The zero-order valence-electron chi connectivity index (χ0n) is 15.6. The summed E-state index contributed by atoms with van der Waals surface area (Å²) in [7, 11) is -1.54. The van der Waals surface area contributed by atoms with E-state index >= 15 is 0 Å². The number of rotatable bonds is 1. The fourth-order valence-corrected chi connectivity index (χ4v) is 5.55. The van der Waals surface area contributed by atoms with Crippen molar-refractivity contribution in [3.05, 3.63) is 35.9 Å². The Morgan fingerprint density at radius 1 is 1.34 bits per heavy atom. The minimum absolute atomic E-state index is 0.104. The quantitative estimate of drug-likeness (QED) is 0.475. The Kier molecular flexibility index (Phi) is 3.93. The summed E-state index contributed by atoms with van der Waals surface area (Å²) in [4.78, 5) is 20.0. The van der Waals surface area contributed by atoms with E-state index < -0.39 is 39.6 Å². The van der Waals surface area contributed by atoms with Gasteiger partial charge < -0.3 is 14.6 Å². The van der Waals surface area contributed by atoms with Crippen LogP contribution >= 0.6 is 0 Å². The summed E-state index contributed by atoms with van der Waals surface area (Å²) < 4.78 is 45.8. The Balaban J connectivity index is 1.81. The number of methoxy groups -OCH3 is 1. The van der Waals surface area contributed by atoms with Gasteiger partial charge in [-0.15, -0.1) is 0 Å². The second-order valence-corrected chi connectivity index (χ2v) is 8.78. The molecule has 7 bridgehead atoms. The van der Waals surface area contributed by atoms with Gasteiger partial charge in [-0.05, 0) is 37.2 Å². The molecule has 1 aromatic carbocycles. The lowest BCUT2D eigenvalue weighted by molar-refractivity contribution is -0.369. The van der Waals surface area contributed by atoms with Crippen LogP contribution in [0.2, 0.25) is 0 Å². The summed E-state index contributed by atoms with van der Waals surface area (Å²) in [5.74, 6) is -3.14. The van der Waals surface area contributed by atoms with Crippen LogP contribution in [0.15, 0.2) is 30.4 Å². The molecular weight excluding hydrogens is 406 g/mol. The number of ether oxygens (including phenoxy) is 2. The normalized spacial score (nSPS) is 40.1. The van der Waals surface area contributed by atoms with Crippen LogP contribution in [0.5, 0.6) is 11.5 Å². The number of carbonyl (C=O) groups excluding carboxylic acids is 1. The van der Waals surface area contributed by atoms with Gasteiger partial charge in [0.2, 0.25) is 0 Å². The fourth-order valence-electron chi connectivity index (χ4n) is 4.70. The molecule has 1 spiro atoms. The van der Waals surface area contributed by atoms with E-state index in [1.807, 2.05) is 11.0 Å². The Hall–Kier alpha value is -2.02. The van der Waals surface area contributed by atoms with Gasteiger partial charge in [0.1, 0.15) is 0 Å². The van der Waals surface area contributed by atoms with Crippen molar-refractivity contribution < 1.29 is 41.2 Å². The topological polar surface area (TPSA) is 121 Å². The summed E-state index contributed by atoms with van der Waals surface area (Å²) in [5, 5.41) is 11.1. The maximum Gasteiger partial charge on any atom is 0.427 e. The molecule has 1 aliphatic carbocycles. The van der Waals surface area contributed by atoms with Crippen LogP contribution in [-0.4, -0.2) is 68.4 Å². The molecule has 156 valence electrons. The first-order valence-electron chi connectivity index (χ1n) is 9.00. The van der Waals surface area contributed by atoms with E-state index in [-0.39, 0.29) is 18.3 Å². The second-order valence-electron chi connectivity index (χ2n) is 7.67. The van der Waals surface area contributed by atoms with Crippen molar-refractivity contribution in [1.82, 2.24) is 4.90 Å². The molecule has 2 fully saturated rings. The van der Waals surface area contributed by atoms with Crippen LogP contribution in [0, 0.1) is 5.92 Å². The highest BCUT2D eigenvalue weighted by molar-refractivity contribution is 7.81. The van der Waals surface area contributed by atoms with Gasteiger partial charge in [-0.3, -0.25) is 9.69 Å². The van der Waals surface area contributed by atoms with Gasteiger partial charge in [0, 0.05) is 12.0 Å². The van der Waals surface area contributed by atoms with Crippen LogP contribution in [-0.2, 0) is 35.0 Å². The molecule has 0 amide bonds. The first-order valence-corrected chi connectivity index (χ1v) is 10.3.